The Morgan fingerprint density at radius 1 is 1.09 bits per heavy atom. The second-order valence-corrected chi connectivity index (χ2v) is 7.92. The molecule has 0 saturated carbocycles. The van der Waals surface area contributed by atoms with Gasteiger partial charge in [0.05, 0.1) is 10.6 Å². The highest BCUT2D eigenvalue weighted by Gasteiger charge is 2.67. The molecule has 2 aliphatic heterocycles. The maximum absolute atomic E-state index is 12.7. The molecule has 1 fully saturated rings. The van der Waals surface area contributed by atoms with Crippen LogP contribution in [0, 0.1) is 0 Å². The molecule has 1 spiro atoms. The van der Waals surface area contributed by atoms with Gasteiger partial charge in [-0.05, 0) is 29.8 Å². The first kappa shape index (κ1) is 13.9. The second kappa shape index (κ2) is 4.41. The van der Waals surface area contributed by atoms with Crippen LogP contribution in [0.25, 0.3) is 0 Å². The van der Waals surface area contributed by atoms with Crippen LogP contribution in [0.1, 0.15) is 22.0 Å². The van der Waals surface area contributed by atoms with Crippen molar-refractivity contribution in [1.82, 2.24) is 0 Å². The predicted molar refractivity (Wildman–Crippen MR) is 80.8 cm³/mol. The lowest BCUT2D eigenvalue weighted by atomic mass is 9.92. The molecular formula is C16H11ClO4S. The van der Waals surface area contributed by atoms with Crippen molar-refractivity contribution in [1.29, 1.82) is 0 Å². The average molecular weight is 335 g/mol. The molecule has 0 bridgehead atoms. The van der Waals surface area contributed by atoms with Crippen molar-refractivity contribution < 1.29 is 17.9 Å². The summed E-state index contributed by atoms with van der Waals surface area (Å²) in [4.78, 5) is 12.8. The fourth-order valence-electron chi connectivity index (χ4n) is 3.01. The number of Topliss-reactive ketones (excluding diaryl/α,β-unsaturated/α-hetero) is 1. The summed E-state index contributed by atoms with van der Waals surface area (Å²) in [5.74, 6) is -0.582. The largest absolute Gasteiger partial charge is 0.351 e. The molecule has 22 heavy (non-hydrogen) atoms. The molecule has 4 nitrogen and oxygen atoms in total. The van der Waals surface area contributed by atoms with Gasteiger partial charge in [0, 0.05) is 10.6 Å². The first-order valence-corrected chi connectivity index (χ1v) is 8.77. The predicted octanol–water partition coefficient (Wildman–Crippen LogP) is 2.82. The number of carbonyl (C=O) groups is 1. The molecule has 6 heteroatoms. The Kier molecular flexibility index (Phi) is 2.79. The zero-order valence-corrected chi connectivity index (χ0v) is 12.9. The van der Waals surface area contributed by atoms with Crippen LogP contribution in [0.4, 0.5) is 0 Å². The second-order valence-electron chi connectivity index (χ2n) is 5.52. The van der Waals surface area contributed by atoms with E-state index in [0.29, 0.717) is 5.02 Å². The third kappa shape index (κ3) is 1.86. The lowest BCUT2D eigenvalue weighted by Gasteiger charge is -2.21. The normalized spacial score (nSPS) is 28.4. The van der Waals surface area contributed by atoms with Gasteiger partial charge in [0.15, 0.2) is 21.2 Å². The Bertz CT molecular complexity index is 889. The molecule has 2 aromatic carbocycles. The molecule has 112 valence electrons. The fraction of sp³-hybridized carbons (Fsp3) is 0.188. The summed E-state index contributed by atoms with van der Waals surface area (Å²) in [7, 11) is -3.54. The average Bonchev–Trinajstić information content (AvgIpc) is 3.20. The highest BCUT2D eigenvalue weighted by molar-refractivity contribution is 7.91. The fourth-order valence-corrected chi connectivity index (χ4v) is 4.99. The van der Waals surface area contributed by atoms with Crippen molar-refractivity contribution in [2.75, 3.05) is 5.75 Å². The zero-order chi connectivity index (χ0) is 15.5. The molecular weight excluding hydrogens is 324 g/mol. The van der Waals surface area contributed by atoms with Crippen LogP contribution < -0.4 is 0 Å². The van der Waals surface area contributed by atoms with Gasteiger partial charge in [0.1, 0.15) is 6.10 Å². The number of ether oxygens (including phenoxy) is 1. The number of hydrogen-bond acceptors (Lipinski definition) is 4. The number of fused-ring (bicyclic) bond motifs is 1. The number of hydrogen-bond donors (Lipinski definition) is 0. The third-order valence-corrected chi connectivity index (χ3v) is 6.21. The standard InChI is InChI=1S/C16H11ClO4S/c17-11-7-5-10(6-8-11)15-16(21-15)9-22(19,20)13-4-2-1-3-12(13)14(16)18/h1-8,15H,9H2. The Labute approximate surface area is 132 Å². The number of benzene rings is 2. The van der Waals surface area contributed by atoms with Crippen LogP contribution in [0.5, 0.6) is 0 Å². The minimum atomic E-state index is -3.54. The van der Waals surface area contributed by atoms with Gasteiger partial charge in [-0.3, -0.25) is 4.79 Å². The van der Waals surface area contributed by atoms with E-state index in [0.717, 1.165) is 5.56 Å². The Hall–Kier alpha value is -1.69. The summed E-state index contributed by atoms with van der Waals surface area (Å²) in [6.07, 6.45) is -0.541. The summed E-state index contributed by atoms with van der Waals surface area (Å²) in [5, 5.41) is 0.575. The van der Waals surface area contributed by atoms with E-state index in [4.69, 9.17) is 16.3 Å². The van der Waals surface area contributed by atoms with Crippen LogP contribution in [-0.4, -0.2) is 25.6 Å². The molecule has 4 rings (SSSR count). The Morgan fingerprint density at radius 2 is 1.77 bits per heavy atom. The summed E-state index contributed by atoms with van der Waals surface area (Å²) in [6.45, 7) is 0. The van der Waals surface area contributed by atoms with E-state index in [-0.39, 0.29) is 22.0 Å². The zero-order valence-electron chi connectivity index (χ0n) is 11.3. The van der Waals surface area contributed by atoms with Crippen molar-refractivity contribution in [2.24, 2.45) is 0 Å². The molecule has 0 aromatic heterocycles. The highest BCUT2D eigenvalue weighted by Crippen LogP contribution is 2.55. The van der Waals surface area contributed by atoms with E-state index in [1.165, 1.54) is 12.1 Å². The van der Waals surface area contributed by atoms with Crippen LogP contribution in [0.3, 0.4) is 0 Å². The number of epoxide rings is 1. The first-order chi connectivity index (χ1) is 10.4. The van der Waals surface area contributed by atoms with E-state index in [1.807, 2.05) is 0 Å². The van der Waals surface area contributed by atoms with Crippen molar-refractivity contribution in [3.05, 3.63) is 64.7 Å². The molecule has 0 radical (unpaired) electrons. The number of sulfone groups is 1. The summed E-state index contributed by atoms with van der Waals surface area (Å²) in [5.41, 5.74) is -0.321. The lowest BCUT2D eigenvalue weighted by molar-refractivity contribution is 0.0882. The minimum Gasteiger partial charge on any atom is -0.351 e. The summed E-state index contributed by atoms with van der Waals surface area (Å²) >= 11 is 5.85. The molecule has 1 saturated heterocycles. The number of ketones is 1. The van der Waals surface area contributed by atoms with Gasteiger partial charge in [0.2, 0.25) is 0 Å². The van der Waals surface area contributed by atoms with Gasteiger partial charge < -0.3 is 4.74 Å². The van der Waals surface area contributed by atoms with Gasteiger partial charge in [-0.25, -0.2) is 8.42 Å². The van der Waals surface area contributed by atoms with E-state index in [1.54, 1.807) is 36.4 Å². The van der Waals surface area contributed by atoms with Gasteiger partial charge in [0.25, 0.3) is 0 Å². The quantitative estimate of drug-likeness (QED) is 0.752. The van der Waals surface area contributed by atoms with E-state index in [2.05, 4.69) is 0 Å². The van der Waals surface area contributed by atoms with Crippen molar-refractivity contribution in [3.8, 4) is 0 Å². The molecule has 2 heterocycles. The summed E-state index contributed by atoms with van der Waals surface area (Å²) < 4.78 is 30.5. The van der Waals surface area contributed by atoms with Gasteiger partial charge in [-0.2, -0.15) is 0 Å². The Balaban J connectivity index is 1.80. The van der Waals surface area contributed by atoms with Crippen LogP contribution >= 0.6 is 11.6 Å². The lowest BCUT2D eigenvalue weighted by Crippen LogP contribution is -2.39. The van der Waals surface area contributed by atoms with Crippen molar-refractivity contribution in [2.45, 2.75) is 16.6 Å². The third-order valence-electron chi connectivity index (χ3n) is 4.12. The topological polar surface area (TPSA) is 63.7 Å². The minimum absolute atomic E-state index is 0.0935. The monoisotopic (exact) mass is 334 g/mol. The molecule has 2 unspecified atom stereocenters. The summed E-state index contributed by atoms with van der Waals surface area (Å²) in [6, 6.07) is 13.2. The highest BCUT2D eigenvalue weighted by atomic mass is 35.5. The maximum Gasteiger partial charge on any atom is 0.200 e. The van der Waals surface area contributed by atoms with Crippen LogP contribution in [0.2, 0.25) is 5.02 Å². The van der Waals surface area contributed by atoms with Gasteiger partial charge in [-0.15, -0.1) is 0 Å². The van der Waals surface area contributed by atoms with Crippen LogP contribution in [0.15, 0.2) is 53.4 Å². The van der Waals surface area contributed by atoms with Crippen molar-refractivity contribution in [3.63, 3.8) is 0 Å². The molecule has 0 aliphatic carbocycles. The van der Waals surface area contributed by atoms with Gasteiger partial charge >= 0.3 is 0 Å². The smallest absolute Gasteiger partial charge is 0.200 e. The van der Waals surface area contributed by atoms with E-state index < -0.39 is 21.5 Å². The molecule has 2 aliphatic rings. The Morgan fingerprint density at radius 3 is 2.50 bits per heavy atom. The maximum atomic E-state index is 12.7. The van der Waals surface area contributed by atoms with Crippen molar-refractivity contribution >= 4 is 27.2 Å². The number of halogens is 1. The molecule has 0 amide bonds. The molecule has 2 atom stereocenters. The van der Waals surface area contributed by atoms with E-state index >= 15 is 0 Å². The van der Waals surface area contributed by atoms with Gasteiger partial charge in [-0.1, -0.05) is 35.9 Å². The SMILES string of the molecule is O=C1c2ccccc2S(=O)(=O)CC12OC2c1ccc(Cl)cc1. The number of rotatable bonds is 1. The molecule has 2 aromatic rings. The number of carbonyl (C=O) groups excluding carboxylic acids is 1. The first-order valence-electron chi connectivity index (χ1n) is 6.74. The van der Waals surface area contributed by atoms with E-state index in [9.17, 15) is 13.2 Å². The molecule has 0 N–H and O–H groups in total. The van der Waals surface area contributed by atoms with Crippen LogP contribution in [-0.2, 0) is 14.6 Å².